The number of imidazole rings is 1. The van der Waals surface area contributed by atoms with Gasteiger partial charge in [0.15, 0.2) is 0 Å². The molecule has 1 N–H and O–H groups in total. The minimum Gasteiger partial charge on any atom is -0.493 e. The highest BCUT2D eigenvalue weighted by molar-refractivity contribution is 6.15. The summed E-state index contributed by atoms with van der Waals surface area (Å²) in [5, 5.41) is 4.90. The van der Waals surface area contributed by atoms with Gasteiger partial charge in [0, 0.05) is 23.6 Å². The van der Waals surface area contributed by atoms with Gasteiger partial charge in [0.25, 0.3) is 5.91 Å². The van der Waals surface area contributed by atoms with E-state index in [-0.39, 0.29) is 5.91 Å². The lowest BCUT2D eigenvalue weighted by Gasteiger charge is -2.14. The molecule has 0 radical (unpaired) electrons. The number of fused-ring (bicyclic) bond motifs is 2. The first-order chi connectivity index (χ1) is 15.2. The molecular formula is C26H21N3O2. The molecular weight excluding hydrogens is 386 g/mol. The zero-order valence-electron chi connectivity index (χ0n) is 17.1. The second kappa shape index (κ2) is 7.95. The van der Waals surface area contributed by atoms with Crippen molar-refractivity contribution < 1.29 is 9.53 Å². The molecule has 0 aliphatic carbocycles. The molecule has 2 aromatic heterocycles. The molecule has 0 spiro atoms. The number of amides is 1. The standard InChI is InChI=1S/C26H21N3O2/c1-2-31-23-14-13-18-8-3-4-11-21(18)25(23)26(30)27-20-10-7-9-19(16-20)22-17-29-15-6-5-12-24(29)28-22/h3-17H,2H2,1H3,(H,27,30). The maximum absolute atomic E-state index is 13.3. The lowest BCUT2D eigenvalue weighted by Crippen LogP contribution is -2.14. The van der Waals surface area contributed by atoms with E-state index in [2.05, 4.69) is 10.3 Å². The Morgan fingerprint density at radius 2 is 1.87 bits per heavy atom. The number of hydrogen-bond donors (Lipinski definition) is 1. The van der Waals surface area contributed by atoms with Crippen LogP contribution < -0.4 is 10.1 Å². The minimum absolute atomic E-state index is 0.201. The van der Waals surface area contributed by atoms with Gasteiger partial charge in [0.05, 0.1) is 17.9 Å². The average molecular weight is 407 g/mol. The third-order valence-corrected chi connectivity index (χ3v) is 5.20. The first-order valence-electron chi connectivity index (χ1n) is 10.2. The van der Waals surface area contributed by atoms with Crippen LogP contribution in [-0.2, 0) is 0 Å². The summed E-state index contributed by atoms with van der Waals surface area (Å²) in [6, 6.07) is 25.3. The van der Waals surface area contributed by atoms with Crippen LogP contribution in [0.4, 0.5) is 5.69 Å². The number of hydrogen-bond acceptors (Lipinski definition) is 3. The predicted molar refractivity (Wildman–Crippen MR) is 124 cm³/mol. The van der Waals surface area contributed by atoms with Crippen molar-refractivity contribution >= 4 is 28.0 Å². The second-order valence-electron chi connectivity index (χ2n) is 7.22. The van der Waals surface area contributed by atoms with E-state index in [1.807, 2.05) is 103 Å². The molecule has 0 aliphatic rings. The first-order valence-corrected chi connectivity index (χ1v) is 10.2. The van der Waals surface area contributed by atoms with Gasteiger partial charge < -0.3 is 14.5 Å². The highest BCUT2D eigenvalue weighted by atomic mass is 16.5. The third-order valence-electron chi connectivity index (χ3n) is 5.20. The number of carbonyl (C=O) groups excluding carboxylic acids is 1. The smallest absolute Gasteiger partial charge is 0.260 e. The van der Waals surface area contributed by atoms with Crippen LogP contribution in [0.1, 0.15) is 17.3 Å². The van der Waals surface area contributed by atoms with E-state index in [0.717, 1.165) is 27.7 Å². The number of anilines is 1. The number of benzene rings is 3. The maximum Gasteiger partial charge on any atom is 0.260 e. The zero-order chi connectivity index (χ0) is 21.2. The molecule has 0 unspecified atom stereocenters. The molecule has 3 aromatic carbocycles. The van der Waals surface area contributed by atoms with Crippen LogP contribution in [0.5, 0.6) is 5.75 Å². The summed E-state index contributed by atoms with van der Waals surface area (Å²) in [4.78, 5) is 18.0. The van der Waals surface area contributed by atoms with Crippen molar-refractivity contribution in [1.29, 1.82) is 0 Å². The predicted octanol–water partition coefficient (Wildman–Crippen LogP) is 5.81. The minimum atomic E-state index is -0.201. The van der Waals surface area contributed by atoms with Gasteiger partial charge >= 0.3 is 0 Å². The van der Waals surface area contributed by atoms with E-state index >= 15 is 0 Å². The topological polar surface area (TPSA) is 55.6 Å². The molecule has 0 saturated carbocycles. The molecule has 5 rings (SSSR count). The highest BCUT2D eigenvalue weighted by Crippen LogP contribution is 2.30. The Balaban J connectivity index is 1.50. The van der Waals surface area contributed by atoms with Gasteiger partial charge in [-0.15, -0.1) is 0 Å². The number of aromatic nitrogens is 2. The molecule has 0 aliphatic heterocycles. The number of pyridine rings is 1. The Kier molecular flexibility index (Phi) is 4.84. The summed E-state index contributed by atoms with van der Waals surface area (Å²) in [5.41, 5.74) is 3.91. The normalized spacial score (nSPS) is 11.0. The van der Waals surface area contributed by atoms with E-state index in [1.54, 1.807) is 0 Å². The Morgan fingerprint density at radius 3 is 2.74 bits per heavy atom. The van der Waals surface area contributed by atoms with Gasteiger partial charge in [0.1, 0.15) is 11.4 Å². The van der Waals surface area contributed by atoms with E-state index < -0.39 is 0 Å². The molecule has 152 valence electrons. The lowest BCUT2D eigenvalue weighted by atomic mass is 10.0. The third kappa shape index (κ3) is 3.62. The summed E-state index contributed by atoms with van der Waals surface area (Å²) in [7, 11) is 0. The summed E-state index contributed by atoms with van der Waals surface area (Å²) < 4.78 is 7.73. The summed E-state index contributed by atoms with van der Waals surface area (Å²) in [6.07, 6.45) is 3.95. The molecule has 5 aromatic rings. The summed E-state index contributed by atoms with van der Waals surface area (Å²) >= 11 is 0. The number of nitrogens with one attached hydrogen (secondary N) is 1. The molecule has 2 heterocycles. The fraction of sp³-hybridized carbons (Fsp3) is 0.0769. The number of ether oxygens (including phenoxy) is 1. The zero-order valence-corrected chi connectivity index (χ0v) is 17.1. The molecule has 0 fully saturated rings. The van der Waals surface area contributed by atoms with Gasteiger partial charge in [-0.1, -0.05) is 48.5 Å². The average Bonchev–Trinajstić information content (AvgIpc) is 3.24. The van der Waals surface area contributed by atoms with Gasteiger partial charge in [-0.05, 0) is 48.0 Å². The van der Waals surface area contributed by atoms with E-state index in [9.17, 15) is 4.79 Å². The quantitative estimate of drug-likeness (QED) is 0.400. The van der Waals surface area contributed by atoms with Crippen molar-refractivity contribution in [1.82, 2.24) is 9.38 Å². The van der Waals surface area contributed by atoms with E-state index in [1.165, 1.54) is 0 Å². The van der Waals surface area contributed by atoms with Crippen LogP contribution in [0.2, 0.25) is 0 Å². The molecule has 5 nitrogen and oxygen atoms in total. The monoisotopic (exact) mass is 407 g/mol. The summed E-state index contributed by atoms with van der Waals surface area (Å²) in [5.74, 6) is 0.377. The van der Waals surface area contributed by atoms with Gasteiger partial charge in [-0.25, -0.2) is 4.98 Å². The largest absolute Gasteiger partial charge is 0.493 e. The Labute approximate surface area is 179 Å². The van der Waals surface area contributed by atoms with Crippen molar-refractivity contribution in [2.45, 2.75) is 6.92 Å². The van der Waals surface area contributed by atoms with Crippen molar-refractivity contribution in [2.24, 2.45) is 0 Å². The summed E-state index contributed by atoms with van der Waals surface area (Å²) in [6.45, 7) is 2.40. The van der Waals surface area contributed by atoms with E-state index in [4.69, 9.17) is 4.74 Å². The van der Waals surface area contributed by atoms with Gasteiger partial charge in [-0.3, -0.25) is 4.79 Å². The second-order valence-corrected chi connectivity index (χ2v) is 7.22. The van der Waals surface area contributed by atoms with Crippen LogP contribution in [0, 0.1) is 0 Å². The van der Waals surface area contributed by atoms with Crippen LogP contribution in [0.25, 0.3) is 27.7 Å². The number of nitrogens with zero attached hydrogens (tertiary/aromatic N) is 2. The van der Waals surface area contributed by atoms with Gasteiger partial charge in [-0.2, -0.15) is 0 Å². The highest BCUT2D eigenvalue weighted by Gasteiger charge is 2.17. The SMILES string of the molecule is CCOc1ccc2ccccc2c1C(=O)Nc1cccc(-c2cn3ccccc3n2)c1. The van der Waals surface area contributed by atoms with Crippen LogP contribution in [0.3, 0.4) is 0 Å². The van der Waals surface area contributed by atoms with Gasteiger partial charge in [0.2, 0.25) is 0 Å². The molecule has 0 saturated heterocycles. The molecule has 0 atom stereocenters. The fourth-order valence-electron chi connectivity index (χ4n) is 3.79. The van der Waals surface area contributed by atoms with Crippen LogP contribution in [0.15, 0.2) is 91.3 Å². The molecule has 0 bridgehead atoms. The number of carbonyl (C=O) groups is 1. The van der Waals surface area contributed by atoms with E-state index in [0.29, 0.717) is 23.6 Å². The Bertz CT molecular complexity index is 1370. The fourth-order valence-corrected chi connectivity index (χ4v) is 3.79. The lowest BCUT2D eigenvalue weighted by molar-refractivity contribution is 0.102. The molecule has 31 heavy (non-hydrogen) atoms. The first kappa shape index (κ1) is 18.9. The molecule has 5 heteroatoms. The van der Waals surface area contributed by atoms with Crippen molar-refractivity contribution in [2.75, 3.05) is 11.9 Å². The molecule has 1 amide bonds. The van der Waals surface area contributed by atoms with Crippen molar-refractivity contribution in [3.8, 4) is 17.0 Å². The Morgan fingerprint density at radius 1 is 1.00 bits per heavy atom. The number of rotatable bonds is 5. The van der Waals surface area contributed by atoms with Crippen LogP contribution >= 0.6 is 0 Å². The maximum atomic E-state index is 13.3. The van der Waals surface area contributed by atoms with Crippen molar-refractivity contribution in [3.63, 3.8) is 0 Å². The van der Waals surface area contributed by atoms with Crippen LogP contribution in [-0.4, -0.2) is 21.9 Å². The Hall–Kier alpha value is -4.12. The van der Waals surface area contributed by atoms with Crippen molar-refractivity contribution in [3.05, 3.63) is 96.8 Å².